The van der Waals surface area contributed by atoms with Gasteiger partial charge in [-0.1, -0.05) is 18.2 Å². The van der Waals surface area contributed by atoms with Crippen molar-refractivity contribution in [1.29, 1.82) is 0 Å². The Labute approximate surface area is 97.7 Å². The Balaban J connectivity index is 2.00. The average Bonchev–Trinajstić information content (AvgIpc) is 3.04. The quantitative estimate of drug-likeness (QED) is 0.850. The Kier molecular flexibility index (Phi) is 2.17. The summed E-state index contributed by atoms with van der Waals surface area (Å²) in [4.78, 5) is 0. The smallest absolute Gasteiger partial charge is 0.269 e. The molecule has 6 heteroatoms. The van der Waals surface area contributed by atoms with Crippen molar-refractivity contribution in [1.82, 2.24) is 4.31 Å². The molecule has 1 aromatic heterocycles. The molecule has 1 aromatic carbocycles. The largest absolute Gasteiger partial charge is 0.301 e. The molecule has 2 heterocycles. The maximum atomic E-state index is 11.7. The molecule has 3 rings (SSSR count). The Morgan fingerprint density at radius 1 is 1.25 bits per heavy atom. The van der Waals surface area contributed by atoms with Crippen molar-refractivity contribution in [3.05, 3.63) is 29.6 Å². The lowest BCUT2D eigenvalue weighted by Crippen LogP contribution is -2.20. The highest BCUT2D eigenvalue weighted by Gasteiger charge is 2.32. The molecule has 0 spiro atoms. The van der Waals surface area contributed by atoms with E-state index in [1.54, 1.807) is 11.3 Å². The van der Waals surface area contributed by atoms with Crippen LogP contribution in [0.2, 0.25) is 0 Å². The van der Waals surface area contributed by atoms with Gasteiger partial charge >= 0.3 is 10.2 Å². The Morgan fingerprint density at radius 2 is 2.00 bits per heavy atom. The van der Waals surface area contributed by atoms with Gasteiger partial charge in [-0.3, -0.25) is 4.72 Å². The fourth-order valence-electron chi connectivity index (χ4n) is 1.54. The van der Waals surface area contributed by atoms with Gasteiger partial charge in [0.25, 0.3) is 0 Å². The number of nitrogens with one attached hydrogen (secondary N) is 1. The van der Waals surface area contributed by atoms with Gasteiger partial charge in [0.15, 0.2) is 0 Å². The van der Waals surface area contributed by atoms with Crippen molar-refractivity contribution >= 4 is 37.3 Å². The summed E-state index contributed by atoms with van der Waals surface area (Å²) in [6.45, 7) is 1.24. The van der Waals surface area contributed by atoms with E-state index >= 15 is 0 Å². The van der Waals surface area contributed by atoms with E-state index in [1.807, 2.05) is 29.6 Å². The van der Waals surface area contributed by atoms with E-state index in [4.69, 9.17) is 0 Å². The van der Waals surface area contributed by atoms with Gasteiger partial charge in [-0.15, -0.1) is 11.3 Å². The van der Waals surface area contributed by atoms with Crippen molar-refractivity contribution in [2.45, 2.75) is 0 Å². The summed E-state index contributed by atoms with van der Waals surface area (Å²) in [5, 5.41) is 2.80. The van der Waals surface area contributed by atoms with Crippen molar-refractivity contribution in [3.63, 3.8) is 0 Å². The molecule has 0 bridgehead atoms. The van der Waals surface area contributed by atoms with Crippen LogP contribution in [0.4, 0.5) is 5.69 Å². The predicted octanol–water partition coefficient (Wildman–Crippen LogP) is 1.87. The zero-order valence-electron chi connectivity index (χ0n) is 8.38. The van der Waals surface area contributed by atoms with Crippen LogP contribution >= 0.6 is 11.3 Å². The van der Waals surface area contributed by atoms with Gasteiger partial charge in [0.05, 0.1) is 5.69 Å². The van der Waals surface area contributed by atoms with E-state index in [-0.39, 0.29) is 0 Å². The lowest BCUT2D eigenvalue weighted by Gasteiger charge is -2.06. The number of benzene rings is 1. The highest BCUT2D eigenvalue weighted by molar-refractivity contribution is 7.90. The minimum Gasteiger partial charge on any atom is -0.269 e. The zero-order valence-corrected chi connectivity index (χ0v) is 10.0. The topological polar surface area (TPSA) is 49.2 Å². The summed E-state index contributed by atoms with van der Waals surface area (Å²) in [5.74, 6) is 0. The summed E-state index contributed by atoms with van der Waals surface area (Å²) >= 11 is 1.54. The molecule has 0 unspecified atom stereocenters. The minimum absolute atomic E-state index is 0.622. The number of nitrogens with zero attached hydrogens (tertiary/aromatic N) is 1. The van der Waals surface area contributed by atoms with Gasteiger partial charge in [0.1, 0.15) is 0 Å². The molecule has 0 atom stereocenters. The summed E-state index contributed by atoms with van der Waals surface area (Å²) in [5.41, 5.74) is 0.674. The van der Waals surface area contributed by atoms with Gasteiger partial charge in [0.2, 0.25) is 0 Å². The number of hydrogen-bond acceptors (Lipinski definition) is 3. The summed E-state index contributed by atoms with van der Waals surface area (Å²) < 4.78 is 28.5. The molecule has 1 saturated heterocycles. The van der Waals surface area contributed by atoms with Crippen LogP contribution in [0, 0.1) is 0 Å². The first-order chi connectivity index (χ1) is 7.67. The van der Waals surface area contributed by atoms with Crippen molar-refractivity contribution < 1.29 is 8.42 Å². The minimum atomic E-state index is -3.31. The lowest BCUT2D eigenvalue weighted by atomic mass is 10.2. The normalized spacial score (nSPS) is 16.5. The van der Waals surface area contributed by atoms with Crippen LogP contribution in [0.5, 0.6) is 0 Å². The standard InChI is InChI=1S/C10H10N2O2S2/c13-16(14,12-5-6-12)11-9-7-15-10-4-2-1-3-8(9)10/h1-4,7,11H,5-6H2. The molecule has 84 valence electrons. The highest BCUT2D eigenvalue weighted by Crippen LogP contribution is 2.31. The molecule has 1 fully saturated rings. The second-order valence-electron chi connectivity index (χ2n) is 3.65. The van der Waals surface area contributed by atoms with E-state index in [0.29, 0.717) is 18.8 Å². The third-order valence-corrected chi connectivity index (χ3v) is 4.95. The molecule has 1 aliphatic rings. The van der Waals surface area contributed by atoms with Crippen LogP contribution in [0.1, 0.15) is 0 Å². The third kappa shape index (κ3) is 1.68. The molecular formula is C10H10N2O2S2. The van der Waals surface area contributed by atoms with Gasteiger partial charge in [0, 0.05) is 28.6 Å². The number of hydrogen-bond donors (Lipinski definition) is 1. The van der Waals surface area contributed by atoms with Gasteiger partial charge in [-0.2, -0.15) is 12.7 Å². The molecule has 0 aliphatic carbocycles. The monoisotopic (exact) mass is 254 g/mol. The van der Waals surface area contributed by atoms with E-state index in [9.17, 15) is 8.42 Å². The molecule has 0 amide bonds. The van der Waals surface area contributed by atoms with E-state index < -0.39 is 10.2 Å². The number of fused-ring (bicyclic) bond motifs is 1. The van der Waals surface area contributed by atoms with Crippen LogP contribution in [0.25, 0.3) is 10.1 Å². The van der Waals surface area contributed by atoms with Crippen molar-refractivity contribution in [2.24, 2.45) is 0 Å². The van der Waals surface area contributed by atoms with Crippen molar-refractivity contribution in [3.8, 4) is 0 Å². The fourth-order valence-corrected chi connectivity index (χ4v) is 3.65. The second kappa shape index (κ2) is 3.44. The van der Waals surface area contributed by atoms with E-state index in [0.717, 1.165) is 10.1 Å². The number of thiophene rings is 1. The summed E-state index contributed by atoms with van der Waals surface area (Å²) in [6, 6.07) is 7.76. The van der Waals surface area contributed by atoms with Gasteiger partial charge in [-0.25, -0.2) is 0 Å². The Hall–Kier alpha value is -1.11. The first-order valence-corrected chi connectivity index (χ1v) is 7.23. The molecule has 0 radical (unpaired) electrons. The summed E-state index contributed by atoms with van der Waals surface area (Å²) in [7, 11) is -3.31. The third-order valence-electron chi connectivity index (χ3n) is 2.47. The second-order valence-corrected chi connectivity index (χ2v) is 6.23. The maximum Gasteiger partial charge on any atom is 0.301 e. The molecule has 2 aromatic rings. The van der Waals surface area contributed by atoms with Gasteiger partial charge < -0.3 is 0 Å². The Bertz CT molecular complexity index is 629. The SMILES string of the molecule is O=S(=O)(Nc1csc2ccccc12)N1CC1. The molecule has 1 aliphatic heterocycles. The summed E-state index contributed by atoms with van der Waals surface area (Å²) in [6.07, 6.45) is 0. The van der Waals surface area contributed by atoms with Crippen LogP contribution in [-0.4, -0.2) is 25.8 Å². The molecule has 1 N–H and O–H groups in total. The molecular weight excluding hydrogens is 244 g/mol. The van der Waals surface area contributed by atoms with Crippen LogP contribution in [0.15, 0.2) is 29.6 Å². The lowest BCUT2D eigenvalue weighted by molar-refractivity contribution is 0.569. The first-order valence-electron chi connectivity index (χ1n) is 4.91. The molecule has 4 nitrogen and oxygen atoms in total. The Morgan fingerprint density at radius 3 is 2.75 bits per heavy atom. The van der Waals surface area contributed by atoms with Crippen LogP contribution in [0.3, 0.4) is 0 Å². The van der Waals surface area contributed by atoms with Crippen LogP contribution < -0.4 is 4.72 Å². The molecule has 16 heavy (non-hydrogen) atoms. The van der Waals surface area contributed by atoms with E-state index in [1.165, 1.54) is 4.31 Å². The first kappa shape index (κ1) is 10.1. The molecule has 0 saturated carbocycles. The van der Waals surface area contributed by atoms with E-state index in [2.05, 4.69) is 4.72 Å². The zero-order chi connectivity index (χ0) is 11.2. The maximum absolute atomic E-state index is 11.7. The highest BCUT2D eigenvalue weighted by atomic mass is 32.2. The van der Waals surface area contributed by atoms with Crippen molar-refractivity contribution in [2.75, 3.05) is 17.8 Å². The fraction of sp³-hybridized carbons (Fsp3) is 0.200. The van der Waals surface area contributed by atoms with Gasteiger partial charge in [-0.05, 0) is 6.07 Å². The number of anilines is 1. The average molecular weight is 254 g/mol. The number of rotatable bonds is 3. The van der Waals surface area contributed by atoms with Crippen LogP contribution in [-0.2, 0) is 10.2 Å². The predicted molar refractivity (Wildman–Crippen MR) is 65.9 cm³/mol.